The molecule has 0 spiro atoms. The number of anilines is 1. The second-order valence-electron chi connectivity index (χ2n) is 5.86. The van der Waals surface area contributed by atoms with E-state index >= 15 is 0 Å². The van der Waals surface area contributed by atoms with Crippen molar-refractivity contribution in [3.05, 3.63) is 42.5 Å². The highest BCUT2D eigenvalue weighted by atomic mass is 16.5. The Morgan fingerprint density at radius 3 is 2.52 bits per heavy atom. The average molecular weight is 286 g/mol. The number of nitrogens with one attached hydrogen (secondary N) is 1. The van der Waals surface area contributed by atoms with Crippen LogP contribution < -0.4 is 5.32 Å². The van der Waals surface area contributed by atoms with E-state index in [1.165, 1.54) is 11.3 Å². The maximum Gasteiger partial charge on any atom is 0.137 e. The molecule has 0 radical (unpaired) electrons. The van der Waals surface area contributed by atoms with Crippen LogP contribution in [-0.4, -0.2) is 33.0 Å². The number of nitrogens with zero attached hydrogens (tertiary/aromatic N) is 3. The molecule has 2 atom stereocenters. The van der Waals surface area contributed by atoms with Crippen molar-refractivity contribution in [3.63, 3.8) is 0 Å². The minimum atomic E-state index is 0.331. The molecule has 21 heavy (non-hydrogen) atoms. The molecule has 5 heteroatoms. The van der Waals surface area contributed by atoms with Crippen LogP contribution >= 0.6 is 0 Å². The van der Waals surface area contributed by atoms with Gasteiger partial charge < -0.3 is 10.1 Å². The van der Waals surface area contributed by atoms with Gasteiger partial charge in [-0.2, -0.15) is 5.10 Å². The van der Waals surface area contributed by atoms with E-state index < -0.39 is 0 Å². The lowest BCUT2D eigenvalue weighted by Crippen LogP contribution is -2.36. The van der Waals surface area contributed by atoms with Gasteiger partial charge in [0.25, 0.3) is 0 Å². The third kappa shape index (κ3) is 3.82. The fourth-order valence-corrected chi connectivity index (χ4v) is 2.97. The van der Waals surface area contributed by atoms with E-state index in [1.807, 2.05) is 4.68 Å². The third-order valence-corrected chi connectivity index (χ3v) is 3.83. The summed E-state index contributed by atoms with van der Waals surface area (Å²) in [7, 11) is 0. The van der Waals surface area contributed by atoms with Crippen molar-refractivity contribution in [2.45, 2.75) is 51.5 Å². The Morgan fingerprint density at radius 1 is 1.19 bits per heavy atom. The second kappa shape index (κ2) is 6.26. The molecule has 1 saturated heterocycles. The molecule has 0 amide bonds. The number of rotatable bonds is 4. The zero-order valence-electron chi connectivity index (χ0n) is 12.6. The molecule has 1 N–H and O–H groups in total. The summed E-state index contributed by atoms with van der Waals surface area (Å²) in [6, 6.07) is 9.03. The van der Waals surface area contributed by atoms with Gasteiger partial charge in [0.1, 0.15) is 12.7 Å². The highest BCUT2D eigenvalue weighted by molar-refractivity contribution is 5.45. The van der Waals surface area contributed by atoms with Crippen molar-refractivity contribution < 1.29 is 4.74 Å². The van der Waals surface area contributed by atoms with E-state index in [0.29, 0.717) is 18.2 Å². The Balaban J connectivity index is 1.59. The quantitative estimate of drug-likeness (QED) is 0.939. The number of ether oxygens (including phenoxy) is 1. The molecule has 5 nitrogen and oxygen atoms in total. The zero-order valence-corrected chi connectivity index (χ0v) is 12.6. The second-order valence-corrected chi connectivity index (χ2v) is 5.86. The molecule has 112 valence electrons. The van der Waals surface area contributed by atoms with Gasteiger partial charge in [0.2, 0.25) is 0 Å². The SMILES string of the molecule is CC1CC(Nc2ccc(Cn3cncn3)cc2)CC(C)O1. The first-order chi connectivity index (χ1) is 10.2. The lowest BCUT2D eigenvalue weighted by atomic mass is 9.99. The van der Waals surface area contributed by atoms with Crippen LogP contribution in [0.25, 0.3) is 0 Å². The Labute approximate surface area is 125 Å². The molecule has 1 aromatic carbocycles. The predicted octanol–water partition coefficient (Wildman–Crippen LogP) is 2.69. The van der Waals surface area contributed by atoms with Crippen LogP contribution in [0.2, 0.25) is 0 Å². The lowest BCUT2D eigenvalue weighted by molar-refractivity contribution is -0.0337. The standard InChI is InChI=1S/C16H22N4O/c1-12-7-16(8-13(2)21-12)19-15-5-3-14(4-6-15)9-20-11-17-10-18-20/h3-6,10-13,16,19H,7-9H2,1-2H3. The van der Waals surface area contributed by atoms with Crippen LogP contribution in [0.4, 0.5) is 5.69 Å². The first-order valence-corrected chi connectivity index (χ1v) is 7.52. The molecule has 2 heterocycles. The maximum atomic E-state index is 5.78. The van der Waals surface area contributed by atoms with Crippen LogP contribution in [0, 0.1) is 0 Å². The lowest BCUT2D eigenvalue weighted by Gasteiger charge is -2.33. The summed E-state index contributed by atoms with van der Waals surface area (Å²) in [6.45, 7) is 5.04. The number of hydrogen-bond donors (Lipinski definition) is 1. The molecule has 1 aliphatic heterocycles. The predicted molar refractivity (Wildman–Crippen MR) is 82.2 cm³/mol. The molecule has 3 rings (SSSR count). The van der Waals surface area contributed by atoms with Crippen molar-refractivity contribution in [1.29, 1.82) is 0 Å². The first kappa shape index (κ1) is 14.1. The summed E-state index contributed by atoms with van der Waals surface area (Å²) in [4.78, 5) is 3.96. The summed E-state index contributed by atoms with van der Waals surface area (Å²) in [5, 5.41) is 7.73. The van der Waals surface area contributed by atoms with E-state index in [9.17, 15) is 0 Å². The van der Waals surface area contributed by atoms with Gasteiger partial charge in [0, 0.05) is 11.7 Å². The molecule has 1 fully saturated rings. The van der Waals surface area contributed by atoms with E-state index in [1.54, 1.807) is 12.7 Å². The van der Waals surface area contributed by atoms with Gasteiger partial charge in [0.15, 0.2) is 0 Å². The van der Waals surface area contributed by atoms with Crippen molar-refractivity contribution in [2.24, 2.45) is 0 Å². The summed E-state index contributed by atoms with van der Waals surface area (Å²) in [6.07, 6.45) is 6.08. The fraction of sp³-hybridized carbons (Fsp3) is 0.500. The van der Waals surface area contributed by atoms with Gasteiger partial charge in [-0.1, -0.05) is 12.1 Å². The van der Waals surface area contributed by atoms with E-state index in [-0.39, 0.29) is 0 Å². The number of benzene rings is 1. The topological polar surface area (TPSA) is 52.0 Å². The number of aromatic nitrogens is 3. The van der Waals surface area contributed by atoms with E-state index in [4.69, 9.17) is 4.74 Å². The van der Waals surface area contributed by atoms with Gasteiger partial charge in [-0.25, -0.2) is 9.67 Å². The normalized spacial score (nSPS) is 25.7. The van der Waals surface area contributed by atoms with Crippen LogP contribution in [0.5, 0.6) is 0 Å². The van der Waals surface area contributed by atoms with Crippen molar-refractivity contribution in [3.8, 4) is 0 Å². The third-order valence-electron chi connectivity index (χ3n) is 3.83. The van der Waals surface area contributed by atoms with Crippen molar-refractivity contribution in [2.75, 3.05) is 5.32 Å². The van der Waals surface area contributed by atoms with Gasteiger partial charge >= 0.3 is 0 Å². The molecule has 2 aromatic rings. The van der Waals surface area contributed by atoms with Gasteiger partial charge in [-0.05, 0) is 44.4 Å². The largest absolute Gasteiger partial charge is 0.382 e. The molecule has 0 aliphatic carbocycles. The maximum absolute atomic E-state index is 5.78. The zero-order chi connectivity index (χ0) is 14.7. The Kier molecular flexibility index (Phi) is 4.20. The minimum Gasteiger partial charge on any atom is -0.382 e. The monoisotopic (exact) mass is 286 g/mol. The first-order valence-electron chi connectivity index (χ1n) is 7.52. The van der Waals surface area contributed by atoms with Gasteiger partial charge in [-0.3, -0.25) is 0 Å². The number of hydrogen-bond acceptors (Lipinski definition) is 4. The van der Waals surface area contributed by atoms with Crippen LogP contribution in [0.3, 0.4) is 0 Å². The molecule has 1 aliphatic rings. The van der Waals surface area contributed by atoms with Crippen LogP contribution in [0.1, 0.15) is 32.3 Å². The summed E-state index contributed by atoms with van der Waals surface area (Å²) in [5.74, 6) is 0. The van der Waals surface area contributed by atoms with Crippen molar-refractivity contribution >= 4 is 5.69 Å². The summed E-state index contributed by atoms with van der Waals surface area (Å²) < 4.78 is 7.60. The van der Waals surface area contributed by atoms with Gasteiger partial charge in [-0.15, -0.1) is 0 Å². The highest BCUT2D eigenvalue weighted by Gasteiger charge is 2.24. The molecule has 0 saturated carbocycles. The Hall–Kier alpha value is -1.88. The smallest absolute Gasteiger partial charge is 0.137 e. The van der Waals surface area contributed by atoms with Crippen molar-refractivity contribution in [1.82, 2.24) is 14.8 Å². The fourth-order valence-electron chi connectivity index (χ4n) is 2.97. The molecular weight excluding hydrogens is 264 g/mol. The highest BCUT2D eigenvalue weighted by Crippen LogP contribution is 2.22. The molecule has 1 aromatic heterocycles. The summed E-state index contributed by atoms with van der Waals surface area (Å²) >= 11 is 0. The van der Waals surface area contributed by atoms with Crippen LogP contribution in [-0.2, 0) is 11.3 Å². The van der Waals surface area contributed by atoms with E-state index in [2.05, 4.69) is 53.5 Å². The summed E-state index contributed by atoms with van der Waals surface area (Å²) in [5.41, 5.74) is 2.39. The molecular formula is C16H22N4O. The molecule has 2 unspecified atom stereocenters. The average Bonchev–Trinajstić information content (AvgIpc) is 2.93. The van der Waals surface area contributed by atoms with E-state index in [0.717, 1.165) is 19.4 Å². The Bertz CT molecular complexity index is 542. The van der Waals surface area contributed by atoms with Gasteiger partial charge in [0.05, 0.1) is 18.8 Å². The van der Waals surface area contributed by atoms with Crippen LogP contribution in [0.15, 0.2) is 36.9 Å². The minimum absolute atomic E-state index is 0.331. The molecule has 0 bridgehead atoms. The Morgan fingerprint density at radius 2 is 1.90 bits per heavy atom.